The predicted molar refractivity (Wildman–Crippen MR) is 73.9 cm³/mol. The van der Waals surface area contributed by atoms with Crippen LogP contribution >= 0.6 is 11.8 Å². The Bertz CT molecular complexity index is 415. The van der Waals surface area contributed by atoms with E-state index in [2.05, 4.69) is 6.58 Å². The fourth-order valence-corrected chi connectivity index (χ4v) is 1.69. The highest BCUT2D eigenvalue weighted by atomic mass is 32.2. The number of aliphatic hydroxyl groups excluding tert-OH is 1. The molecule has 0 atom stereocenters. The molecule has 0 saturated carbocycles. The molecule has 4 nitrogen and oxygen atoms in total. The number of carbonyl (C=O) groups excluding carboxylic acids is 1. The molecule has 0 aliphatic carbocycles. The second-order valence-electron chi connectivity index (χ2n) is 3.40. The van der Waals surface area contributed by atoms with E-state index in [9.17, 15) is 4.79 Å². The molecule has 0 radical (unpaired) electrons. The molecule has 1 aromatic rings. The third-order valence-electron chi connectivity index (χ3n) is 1.92. The van der Waals surface area contributed by atoms with Crippen molar-refractivity contribution in [2.24, 2.45) is 0 Å². The SMILES string of the molecule is C=C(C)c1ccccc1CSC=O.O=C(O)CO. The van der Waals surface area contributed by atoms with E-state index < -0.39 is 12.6 Å². The van der Waals surface area contributed by atoms with E-state index >= 15 is 0 Å². The molecule has 0 unspecified atom stereocenters. The molecule has 0 aliphatic heterocycles. The molecule has 5 heteroatoms. The first kappa shape index (κ1) is 16.4. The van der Waals surface area contributed by atoms with Crippen molar-refractivity contribution in [3.8, 4) is 0 Å². The zero-order valence-corrected chi connectivity index (χ0v) is 10.9. The van der Waals surface area contributed by atoms with Gasteiger partial charge in [-0.1, -0.05) is 48.2 Å². The van der Waals surface area contributed by atoms with E-state index in [1.165, 1.54) is 17.3 Å². The molecule has 0 amide bonds. The molecule has 18 heavy (non-hydrogen) atoms. The number of benzene rings is 1. The van der Waals surface area contributed by atoms with Gasteiger partial charge in [0, 0.05) is 5.75 Å². The van der Waals surface area contributed by atoms with E-state index in [1.807, 2.05) is 31.2 Å². The molecule has 2 N–H and O–H groups in total. The second-order valence-corrected chi connectivity index (χ2v) is 4.21. The van der Waals surface area contributed by atoms with Crippen LogP contribution in [-0.2, 0) is 15.3 Å². The number of rotatable bonds is 5. The first-order valence-corrected chi connectivity index (χ1v) is 6.19. The van der Waals surface area contributed by atoms with Crippen LogP contribution in [0.25, 0.3) is 5.57 Å². The summed E-state index contributed by atoms with van der Waals surface area (Å²) in [4.78, 5) is 19.3. The highest BCUT2D eigenvalue weighted by molar-refractivity contribution is 8.11. The Morgan fingerprint density at radius 3 is 2.44 bits per heavy atom. The average Bonchev–Trinajstić information content (AvgIpc) is 2.37. The number of hydrogen-bond donors (Lipinski definition) is 2. The lowest BCUT2D eigenvalue weighted by Crippen LogP contribution is -1.98. The topological polar surface area (TPSA) is 74.6 Å². The highest BCUT2D eigenvalue weighted by Crippen LogP contribution is 2.20. The lowest BCUT2D eigenvalue weighted by atomic mass is 10.0. The second kappa shape index (κ2) is 9.44. The molecule has 0 spiro atoms. The zero-order valence-electron chi connectivity index (χ0n) is 10.1. The molecule has 1 rings (SSSR count). The molecule has 1 aromatic carbocycles. The maximum atomic E-state index is 10.2. The van der Waals surface area contributed by atoms with Crippen LogP contribution in [-0.4, -0.2) is 28.4 Å². The summed E-state index contributed by atoms with van der Waals surface area (Å²) in [6.45, 7) is 5.10. The minimum absolute atomic E-state index is 0.729. The monoisotopic (exact) mass is 268 g/mol. The van der Waals surface area contributed by atoms with Gasteiger partial charge in [-0.3, -0.25) is 4.79 Å². The fraction of sp³-hybridized carbons (Fsp3) is 0.231. The molecular formula is C13H16O4S. The fourth-order valence-electron chi connectivity index (χ4n) is 1.19. The maximum Gasteiger partial charge on any atom is 0.329 e. The van der Waals surface area contributed by atoms with Crippen LogP contribution in [0.5, 0.6) is 0 Å². The summed E-state index contributed by atoms with van der Waals surface area (Å²) in [7, 11) is 0. The average molecular weight is 268 g/mol. The van der Waals surface area contributed by atoms with Gasteiger partial charge in [0.2, 0.25) is 0 Å². The third kappa shape index (κ3) is 6.88. The lowest BCUT2D eigenvalue weighted by Gasteiger charge is -2.06. The Balaban J connectivity index is 0.000000494. The summed E-state index contributed by atoms with van der Waals surface area (Å²) >= 11 is 1.27. The van der Waals surface area contributed by atoms with Crippen molar-refractivity contribution in [3.05, 3.63) is 42.0 Å². The normalized spacial score (nSPS) is 9.00. The Labute approximate surface area is 110 Å². The van der Waals surface area contributed by atoms with Crippen LogP contribution in [0.1, 0.15) is 18.1 Å². The van der Waals surface area contributed by atoms with Crippen LogP contribution in [0, 0.1) is 0 Å². The van der Waals surface area contributed by atoms with Gasteiger partial charge in [0.05, 0.1) is 0 Å². The van der Waals surface area contributed by atoms with Crippen molar-refractivity contribution in [2.75, 3.05) is 6.61 Å². The summed E-state index contributed by atoms with van der Waals surface area (Å²) in [5, 5.41) is 15.0. The lowest BCUT2D eigenvalue weighted by molar-refractivity contribution is -0.140. The molecule has 0 bridgehead atoms. The van der Waals surface area contributed by atoms with Gasteiger partial charge in [-0.05, 0) is 18.1 Å². The first-order valence-electron chi connectivity index (χ1n) is 5.14. The van der Waals surface area contributed by atoms with E-state index in [0.717, 1.165) is 22.5 Å². The molecule has 0 aliphatic rings. The first-order chi connectivity index (χ1) is 8.52. The van der Waals surface area contributed by atoms with Crippen LogP contribution in [0.3, 0.4) is 0 Å². The van der Waals surface area contributed by atoms with E-state index in [0.29, 0.717) is 0 Å². The standard InChI is InChI=1S/C11H12OS.C2H4O3/c1-9(2)11-6-4-3-5-10(11)7-13-8-12;3-1-2(4)5/h3-6,8H,1,7H2,2H3;3H,1H2,(H,4,5). The van der Waals surface area contributed by atoms with Crippen LogP contribution in [0.2, 0.25) is 0 Å². The Morgan fingerprint density at radius 2 is 2.00 bits per heavy atom. The molecular weight excluding hydrogens is 252 g/mol. The van der Waals surface area contributed by atoms with Gasteiger partial charge in [0.25, 0.3) is 0 Å². The van der Waals surface area contributed by atoms with Gasteiger partial charge in [0.1, 0.15) is 6.61 Å². The highest BCUT2D eigenvalue weighted by Gasteiger charge is 2.01. The minimum atomic E-state index is -1.19. The summed E-state index contributed by atoms with van der Waals surface area (Å²) in [6, 6.07) is 8.02. The number of allylic oxidation sites excluding steroid dienone is 1. The van der Waals surface area contributed by atoms with Gasteiger partial charge < -0.3 is 10.2 Å². The smallest absolute Gasteiger partial charge is 0.329 e. The largest absolute Gasteiger partial charge is 0.480 e. The number of thioether (sulfide) groups is 1. The number of carboxylic acids is 1. The van der Waals surface area contributed by atoms with Gasteiger partial charge in [0.15, 0.2) is 5.62 Å². The number of carboxylic acid groups (broad SMARTS) is 1. The van der Waals surface area contributed by atoms with Gasteiger partial charge in [-0.2, -0.15) is 0 Å². The number of aliphatic carboxylic acids is 1. The molecule has 0 heterocycles. The zero-order chi connectivity index (χ0) is 14.0. The van der Waals surface area contributed by atoms with Crippen molar-refractivity contribution < 1.29 is 19.8 Å². The van der Waals surface area contributed by atoms with Gasteiger partial charge in [-0.25, -0.2) is 4.79 Å². The van der Waals surface area contributed by atoms with Crippen molar-refractivity contribution >= 4 is 28.9 Å². The van der Waals surface area contributed by atoms with Crippen molar-refractivity contribution in [1.82, 2.24) is 0 Å². The Kier molecular flexibility index (Phi) is 8.61. The van der Waals surface area contributed by atoms with Gasteiger partial charge in [-0.15, -0.1) is 0 Å². The van der Waals surface area contributed by atoms with Crippen molar-refractivity contribution in [3.63, 3.8) is 0 Å². The molecule has 98 valence electrons. The summed E-state index contributed by atoms with van der Waals surface area (Å²) in [5.74, 6) is -0.461. The van der Waals surface area contributed by atoms with Crippen molar-refractivity contribution in [1.29, 1.82) is 0 Å². The quantitative estimate of drug-likeness (QED) is 0.801. The summed E-state index contributed by atoms with van der Waals surface area (Å²) in [6.07, 6.45) is 0. The third-order valence-corrected chi connectivity index (χ3v) is 2.53. The molecule has 0 fully saturated rings. The van der Waals surface area contributed by atoms with Crippen LogP contribution in [0.4, 0.5) is 0 Å². The van der Waals surface area contributed by atoms with E-state index in [1.54, 1.807) is 0 Å². The number of aliphatic hydroxyl groups is 1. The molecule has 0 saturated heterocycles. The van der Waals surface area contributed by atoms with Crippen LogP contribution in [0.15, 0.2) is 30.8 Å². The number of hydrogen-bond acceptors (Lipinski definition) is 4. The summed E-state index contributed by atoms with van der Waals surface area (Å²) < 4.78 is 0. The summed E-state index contributed by atoms with van der Waals surface area (Å²) in [5.41, 5.74) is 4.24. The number of carbonyl (C=O) groups is 2. The Hall–Kier alpha value is -1.59. The molecule has 0 aromatic heterocycles. The van der Waals surface area contributed by atoms with E-state index in [4.69, 9.17) is 15.0 Å². The minimum Gasteiger partial charge on any atom is -0.480 e. The van der Waals surface area contributed by atoms with Crippen molar-refractivity contribution in [2.45, 2.75) is 12.7 Å². The van der Waals surface area contributed by atoms with Crippen LogP contribution < -0.4 is 0 Å². The predicted octanol–water partition coefficient (Wildman–Crippen LogP) is 2.21. The maximum absolute atomic E-state index is 10.2. The van der Waals surface area contributed by atoms with E-state index in [-0.39, 0.29) is 0 Å². The Morgan fingerprint density at radius 1 is 1.44 bits per heavy atom. The van der Waals surface area contributed by atoms with Gasteiger partial charge >= 0.3 is 5.97 Å².